The summed E-state index contributed by atoms with van der Waals surface area (Å²) in [5.41, 5.74) is 2.26. The minimum atomic E-state index is -0.396. The molecular weight excluding hydrogens is 365 g/mol. The number of nitrogens with zero attached hydrogens (tertiary/aromatic N) is 1. The van der Waals surface area contributed by atoms with E-state index in [2.05, 4.69) is 22.6 Å². The van der Waals surface area contributed by atoms with Gasteiger partial charge in [-0.25, -0.2) is 0 Å². The molecule has 0 aromatic heterocycles. The molecule has 0 radical (unpaired) electrons. The summed E-state index contributed by atoms with van der Waals surface area (Å²) >= 11 is 8.21. The molecule has 0 aliphatic rings. The quantitative estimate of drug-likeness (QED) is 0.453. The molecule has 0 N–H and O–H groups in total. The monoisotopic (exact) mass is 373 g/mol. The molecule has 5 heteroatoms. The summed E-state index contributed by atoms with van der Waals surface area (Å²) in [6.45, 7) is 0. The van der Waals surface area contributed by atoms with Crippen LogP contribution in [-0.4, -0.2) is 4.92 Å². The molecule has 0 atom stereocenters. The van der Waals surface area contributed by atoms with Crippen molar-refractivity contribution in [3.63, 3.8) is 0 Å². The lowest BCUT2D eigenvalue weighted by atomic mass is 10.0. The molecule has 0 fully saturated rings. The predicted octanol–water partition coefficient (Wildman–Crippen LogP) is 4.44. The largest absolute Gasteiger partial charge is 0.269 e. The van der Waals surface area contributed by atoms with Crippen molar-refractivity contribution in [1.29, 1.82) is 0 Å². The van der Waals surface area contributed by atoms with Crippen LogP contribution in [0.4, 0.5) is 5.69 Å². The SMILES string of the molecule is O=[N+]([O-])c1ccc(Cc2cc(Cl)ccc2I)cc1. The smallest absolute Gasteiger partial charge is 0.258 e. The summed E-state index contributed by atoms with van der Waals surface area (Å²) in [5.74, 6) is 0. The Morgan fingerprint density at radius 3 is 2.44 bits per heavy atom. The normalized spacial score (nSPS) is 10.3. The standard InChI is InChI=1S/C13H9ClINO2/c14-11-3-6-13(15)10(8-11)7-9-1-4-12(5-2-9)16(17)18/h1-6,8H,7H2. The molecule has 18 heavy (non-hydrogen) atoms. The van der Waals surface area contributed by atoms with E-state index in [0.717, 1.165) is 21.1 Å². The molecule has 0 saturated heterocycles. The Bertz CT molecular complexity index is 584. The maximum atomic E-state index is 10.6. The second kappa shape index (κ2) is 5.67. The average Bonchev–Trinajstić information content (AvgIpc) is 2.34. The number of nitro groups is 1. The number of hydrogen-bond donors (Lipinski definition) is 0. The Morgan fingerprint density at radius 2 is 1.83 bits per heavy atom. The zero-order chi connectivity index (χ0) is 13.1. The third-order valence-electron chi connectivity index (χ3n) is 2.55. The highest BCUT2D eigenvalue weighted by Crippen LogP contribution is 2.22. The molecule has 0 aliphatic carbocycles. The Hall–Kier alpha value is -1.14. The molecule has 2 aromatic carbocycles. The third-order valence-corrected chi connectivity index (χ3v) is 3.84. The van der Waals surface area contributed by atoms with E-state index in [-0.39, 0.29) is 5.69 Å². The van der Waals surface area contributed by atoms with Gasteiger partial charge in [0.2, 0.25) is 0 Å². The van der Waals surface area contributed by atoms with Gasteiger partial charge in [0, 0.05) is 20.7 Å². The highest BCUT2D eigenvalue weighted by Gasteiger charge is 2.06. The molecule has 3 nitrogen and oxygen atoms in total. The van der Waals surface area contributed by atoms with E-state index in [1.54, 1.807) is 12.1 Å². The van der Waals surface area contributed by atoms with Crippen LogP contribution in [0.3, 0.4) is 0 Å². The van der Waals surface area contributed by atoms with Gasteiger partial charge in [0.25, 0.3) is 5.69 Å². The molecule has 2 aromatic rings. The molecule has 0 unspecified atom stereocenters. The minimum absolute atomic E-state index is 0.111. The highest BCUT2D eigenvalue weighted by atomic mass is 127. The van der Waals surface area contributed by atoms with Crippen LogP contribution < -0.4 is 0 Å². The van der Waals surface area contributed by atoms with E-state index in [1.165, 1.54) is 12.1 Å². The van der Waals surface area contributed by atoms with Crippen LogP contribution in [0.5, 0.6) is 0 Å². The summed E-state index contributed by atoms with van der Waals surface area (Å²) in [4.78, 5) is 10.2. The first-order valence-corrected chi connectivity index (χ1v) is 6.69. The zero-order valence-electron chi connectivity index (χ0n) is 9.27. The van der Waals surface area contributed by atoms with Crippen molar-refractivity contribution in [3.05, 3.63) is 72.3 Å². The number of halogens is 2. The van der Waals surface area contributed by atoms with Crippen LogP contribution in [-0.2, 0) is 6.42 Å². The molecular formula is C13H9ClINO2. The van der Waals surface area contributed by atoms with Gasteiger partial charge in [0.1, 0.15) is 0 Å². The number of non-ortho nitro benzene ring substituents is 1. The molecule has 0 heterocycles. The van der Waals surface area contributed by atoms with Crippen molar-refractivity contribution >= 4 is 39.9 Å². The van der Waals surface area contributed by atoms with Gasteiger partial charge in [-0.2, -0.15) is 0 Å². The summed E-state index contributed by atoms with van der Waals surface area (Å²) in [5, 5.41) is 11.3. The molecule has 0 amide bonds. The molecule has 2 rings (SSSR count). The van der Waals surface area contributed by atoms with Crippen molar-refractivity contribution in [3.8, 4) is 0 Å². The second-order valence-corrected chi connectivity index (χ2v) is 5.43. The van der Waals surface area contributed by atoms with E-state index in [9.17, 15) is 10.1 Å². The van der Waals surface area contributed by atoms with Crippen LogP contribution in [0.1, 0.15) is 11.1 Å². The Labute approximate surface area is 123 Å². The molecule has 0 saturated carbocycles. The molecule has 92 valence electrons. The van der Waals surface area contributed by atoms with Gasteiger partial charge in [0.15, 0.2) is 0 Å². The van der Waals surface area contributed by atoms with Crippen molar-refractivity contribution in [2.45, 2.75) is 6.42 Å². The molecule has 0 spiro atoms. The van der Waals surface area contributed by atoms with Crippen molar-refractivity contribution in [2.75, 3.05) is 0 Å². The number of rotatable bonds is 3. The lowest BCUT2D eigenvalue weighted by molar-refractivity contribution is -0.384. The Morgan fingerprint density at radius 1 is 1.17 bits per heavy atom. The summed E-state index contributed by atoms with van der Waals surface area (Å²) in [6.07, 6.45) is 0.719. The van der Waals surface area contributed by atoms with Gasteiger partial charge >= 0.3 is 0 Å². The summed E-state index contributed by atoms with van der Waals surface area (Å²) in [7, 11) is 0. The van der Waals surface area contributed by atoms with E-state index >= 15 is 0 Å². The summed E-state index contributed by atoms with van der Waals surface area (Å²) in [6, 6.07) is 12.3. The van der Waals surface area contributed by atoms with Gasteiger partial charge in [-0.15, -0.1) is 0 Å². The van der Waals surface area contributed by atoms with E-state index < -0.39 is 4.92 Å². The predicted molar refractivity (Wildman–Crippen MR) is 80.1 cm³/mol. The average molecular weight is 374 g/mol. The topological polar surface area (TPSA) is 43.1 Å². The third kappa shape index (κ3) is 3.20. The van der Waals surface area contributed by atoms with Crippen LogP contribution in [0.15, 0.2) is 42.5 Å². The van der Waals surface area contributed by atoms with Crippen LogP contribution in [0, 0.1) is 13.7 Å². The first-order valence-electron chi connectivity index (χ1n) is 5.23. The van der Waals surface area contributed by atoms with E-state index in [0.29, 0.717) is 5.02 Å². The van der Waals surface area contributed by atoms with Gasteiger partial charge in [-0.3, -0.25) is 10.1 Å². The van der Waals surface area contributed by atoms with E-state index in [4.69, 9.17) is 11.6 Å². The fraction of sp³-hybridized carbons (Fsp3) is 0.0769. The minimum Gasteiger partial charge on any atom is -0.258 e. The van der Waals surface area contributed by atoms with Crippen molar-refractivity contribution < 1.29 is 4.92 Å². The zero-order valence-corrected chi connectivity index (χ0v) is 12.2. The first-order chi connectivity index (χ1) is 8.56. The lowest BCUT2D eigenvalue weighted by Gasteiger charge is -2.05. The van der Waals surface area contributed by atoms with E-state index in [1.807, 2.05) is 18.2 Å². The van der Waals surface area contributed by atoms with Crippen molar-refractivity contribution in [1.82, 2.24) is 0 Å². The van der Waals surface area contributed by atoms with Gasteiger partial charge in [-0.05, 0) is 58.3 Å². The number of hydrogen-bond acceptors (Lipinski definition) is 2. The summed E-state index contributed by atoms with van der Waals surface area (Å²) < 4.78 is 1.13. The van der Waals surface area contributed by atoms with Gasteiger partial charge in [-0.1, -0.05) is 23.7 Å². The fourth-order valence-corrected chi connectivity index (χ4v) is 2.36. The van der Waals surface area contributed by atoms with Gasteiger partial charge in [0.05, 0.1) is 4.92 Å². The number of nitro benzene ring substituents is 1. The van der Waals surface area contributed by atoms with Gasteiger partial charge < -0.3 is 0 Å². The second-order valence-electron chi connectivity index (χ2n) is 3.84. The maximum absolute atomic E-state index is 10.6. The number of benzene rings is 2. The van der Waals surface area contributed by atoms with Crippen LogP contribution in [0.25, 0.3) is 0 Å². The lowest BCUT2D eigenvalue weighted by Crippen LogP contribution is -1.93. The fourth-order valence-electron chi connectivity index (χ4n) is 1.63. The first kappa shape index (κ1) is 13.3. The maximum Gasteiger partial charge on any atom is 0.269 e. The molecule has 0 aliphatic heterocycles. The highest BCUT2D eigenvalue weighted by molar-refractivity contribution is 14.1. The van der Waals surface area contributed by atoms with Crippen molar-refractivity contribution in [2.24, 2.45) is 0 Å². The van der Waals surface area contributed by atoms with Crippen LogP contribution >= 0.6 is 34.2 Å². The molecule has 0 bridgehead atoms. The Kier molecular flexibility index (Phi) is 4.19. The van der Waals surface area contributed by atoms with Crippen LogP contribution in [0.2, 0.25) is 5.02 Å². The Balaban J connectivity index is 2.23.